The minimum Gasteiger partial charge on any atom is -0.335 e. The van der Waals surface area contributed by atoms with Gasteiger partial charge in [0.05, 0.1) is 6.04 Å². The molecule has 0 N–H and O–H groups in total. The third-order valence-corrected chi connectivity index (χ3v) is 4.81. The van der Waals surface area contributed by atoms with Crippen LogP contribution < -0.4 is 0 Å². The normalized spacial score (nSPS) is 33.1. The molecule has 86 valence electrons. The molecule has 0 radical (unpaired) electrons. The summed E-state index contributed by atoms with van der Waals surface area (Å²) < 4.78 is 0. The van der Waals surface area contributed by atoms with Gasteiger partial charge in [-0.3, -0.25) is 4.79 Å². The fourth-order valence-corrected chi connectivity index (χ4v) is 3.56. The van der Waals surface area contributed by atoms with Crippen molar-refractivity contribution >= 4 is 17.2 Å². The summed E-state index contributed by atoms with van der Waals surface area (Å²) in [6.45, 7) is 3.14. The number of amides is 1. The lowest BCUT2D eigenvalue weighted by Gasteiger charge is -2.24. The number of rotatable bonds is 2. The SMILES string of the molecule is CC1CC1C(=O)N1CCCC1c1cccs1. The Morgan fingerprint density at radius 3 is 3.00 bits per heavy atom. The highest BCUT2D eigenvalue weighted by Crippen LogP contribution is 2.43. The molecule has 1 saturated heterocycles. The van der Waals surface area contributed by atoms with Crippen molar-refractivity contribution in [1.82, 2.24) is 4.90 Å². The highest BCUT2D eigenvalue weighted by atomic mass is 32.1. The molecule has 1 aromatic heterocycles. The minimum absolute atomic E-state index is 0.334. The molecule has 1 saturated carbocycles. The van der Waals surface area contributed by atoms with E-state index in [2.05, 4.69) is 29.3 Å². The summed E-state index contributed by atoms with van der Waals surface area (Å²) in [6.07, 6.45) is 3.41. The molecule has 3 unspecified atom stereocenters. The largest absolute Gasteiger partial charge is 0.335 e. The molecule has 3 heteroatoms. The van der Waals surface area contributed by atoms with Crippen molar-refractivity contribution in [3.8, 4) is 0 Å². The van der Waals surface area contributed by atoms with Crippen LogP contribution in [0.5, 0.6) is 0 Å². The molecule has 1 aliphatic carbocycles. The standard InChI is InChI=1S/C13H17NOS/c1-9-8-10(9)13(15)14-6-2-4-11(14)12-5-3-7-16-12/h3,5,7,9-11H,2,4,6,8H2,1H3. The van der Waals surface area contributed by atoms with Crippen LogP contribution in [0.15, 0.2) is 17.5 Å². The van der Waals surface area contributed by atoms with E-state index in [0.29, 0.717) is 23.8 Å². The van der Waals surface area contributed by atoms with Gasteiger partial charge in [0.2, 0.25) is 5.91 Å². The van der Waals surface area contributed by atoms with Crippen molar-refractivity contribution in [2.45, 2.75) is 32.2 Å². The molecule has 2 fully saturated rings. The molecule has 1 aromatic rings. The zero-order valence-electron chi connectivity index (χ0n) is 9.56. The van der Waals surface area contributed by atoms with E-state index in [9.17, 15) is 4.79 Å². The van der Waals surface area contributed by atoms with Gasteiger partial charge >= 0.3 is 0 Å². The van der Waals surface area contributed by atoms with E-state index in [-0.39, 0.29) is 0 Å². The van der Waals surface area contributed by atoms with Crippen LogP contribution in [0.25, 0.3) is 0 Å². The number of hydrogen-bond donors (Lipinski definition) is 0. The monoisotopic (exact) mass is 235 g/mol. The van der Waals surface area contributed by atoms with Crippen LogP contribution in [0.1, 0.15) is 37.1 Å². The lowest BCUT2D eigenvalue weighted by atomic mass is 10.1. The first-order chi connectivity index (χ1) is 7.77. The summed E-state index contributed by atoms with van der Waals surface area (Å²) in [7, 11) is 0. The molecule has 2 heterocycles. The third-order valence-electron chi connectivity index (χ3n) is 3.83. The van der Waals surface area contributed by atoms with Gasteiger partial charge in [-0.15, -0.1) is 11.3 Å². The highest BCUT2D eigenvalue weighted by molar-refractivity contribution is 7.10. The summed E-state index contributed by atoms with van der Waals surface area (Å²) in [4.78, 5) is 15.7. The van der Waals surface area contributed by atoms with Gasteiger partial charge < -0.3 is 4.90 Å². The van der Waals surface area contributed by atoms with E-state index in [1.165, 1.54) is 4.88 Å². The van der Waals surface area contributed by atoms with E-state index in [0.717, 1.165) is 25.8 Å². The van der Waals surface area contributed by atoms with Gasteiger partial charge in [-0.25, -0.2) is 0 Å². The Hall–Kier alpha value is -0.830. The third kappa shape index (κ3) is 1.67. The zero-order valence-corrected chi connectivity index (χ0v) is 10.4. The fraction of sp³-hybridized carbons (Fsp3) is 0.615. The van der Waals surface area contributed by atoms with Gasteiger partial charge in [-0.1, -0.05) is 13.0 Å². The maximum Gasteiger partial charge on any atom is 0.226 e. The van der Waals surface area contributed by atoms with Gasteiger partial charge in [0.1, 0.15) is 0 Å². The summed E-state index contributed by atoms with van der Waals surface area (Å²) in [5.41, 5.74) is 0. The molecule has 1 amide bonds. The average Bonchev–Trinajstić information content (AvgIpc) is 2.81. The second-order valence-corrected chi connectivity index (χ2v) is 6.00. The Balaban J connectivity index is 1.77. The molecule has 0 spiro atoms. The number of hydrogen-bond acceptors (Lipinski definition) is 2. The van der Waals surface area contributed by atoms with Gasteiger partial charge in [0, 0.05) is 17.3 Å². The van der Waals surface area contributed by atoms with Crippen LogP contribution in [0.2, 0.25) is 0 Å². The zero-order chi connectivity index (χ0) is 11.1. The summed E-state index contributed by atoms with van der Waals surface area (Å²) >= 11 is 1.78. The molecule has 0 aromatic carbocycles. The van der Waals surface area contributed by atoms with Gasteiger partial charge in [-0.2, -0.15) is 0 Å². The first-order valence-electron chi connectivity index (χ1n) is 6.11. The van der Waals surface area contributed by atoms with E-state index in [1.54, 1.807) is 11.3 Å². The van der Waals surface area contributed by atoms with Crippen molar-refractivity contribution in [3.63, 3.8) is 0 Å². The van der Waals surface area contributed by atoms with E-state index in [4.69, 9.17) is 0 Å². The van der Waals surface area contributed by atoms with Crippen molar-refractivity contribution < 1.29 is 4.79 Å². The smallest absolute Gasteiger partial charge is 0.226 e. The molecule has 3 atom stereocenters. The predicted octanol–water partition coefficient (Wildman–Crippen LogP) is 3.07. The topological polar surface area (TPSA) is 20.3 Å². The van der Waals surface area contributed by atoms with Gasteiger partial charge in [0.15, 0.2) is 0 Å². The molecular weight excluding hydrogens is 218 g/mol. The molecular formula is C13H17NOS. The molecule has 2 nitrogen and oxygen atoms in total. The number of carbonyl (C=O) groups is 1. The maximum atomic E-state index is 12.3. The van der Waals surface area contributed by atoms with Crippen LogP contribution in [0.3, 0.4) is 0 Å². The van der Waals surface area contributed by atoms with E-state index < -0.39 is 0 Å². The molecule has 1 aliphatic heterocycles. The summed E-state index contributed by atoms with van der Waals surface area (Å²) in [5, 5.41) is 2.11. The number of thiophene rings is 1. The molecule has 2 aliphatic rings. The Morgan fingerprint density at radius 2 is 2.38 bits per heavy atom. The quantitative estimate of drug-likeness (QED) is 0.771. The predicted molar refractivity (Wildman–Crippen MR) is 65.3 cm³/mol. The van der Waals surface area contributed by atoms with Crippen LogP contribution >= 0.6 is 11.3 Å². The van der Waals surface area contributed by atoms with Crippen molar-refractivity contribution in [1.29, 1.82) is 0 Å². The maximum absolute atomic E-state index is 12.3. The minimum atomic E-state index is 0.334. The highest BCUT2D eigenvalue weighted by Gasteiger charge is 2.44. The fourth-order valence-electron chi connectivity index (χ4n) is 2.69. The van der Waals surface area contributed by atoms with Crippen molar-refractivity contribution in [2.24, 2.45) is 11.8 Å². The van der Waals surface area contributed by atoms with Crippen LogP contribution in [-0.4, -0.2) is 17.4 Å². The average molecular weight is 235 g/mol. The first-order valence-corrected chi connectivity index (χ1v) is 6.99. The van der Waals surface area contributed by atoms with Crippen molar-refractivity contribution in [2.75, 3.05) is 6.54 Å². The lowest BCUT2D eigenvalue weighted by Crippen LogP contribution is -2.31. The number of likely N-dealkylation sites (tertiary alicyclic amines) is 1. The second-order valence-electron chi connectivity index (χ2n) is 5.02. The molecule has 16 heavy (non-hydrogen) atoms. The summed E-state index contributed by atoms with van der Waals surface area (Å²) in [6, 6.07) is 4.62. The summed E-state index contributed by atoms with van der Waals surface area (Å²) in [5.74, 6) is 1.36. The van der Waals surface area contributed by atoms with E-state index >= 15 is 0 Å². The Labute approximate surface area is 100 Å². The Bertz CT molecular complexity index is 387. The van der Waals surface area contributed by atoms with Crippen LogP contribution in [-0.2, 0) is 4.79 Å². The molecule has 0 bridgehead atoms. The van der Waals surface area contributed by atoms with Crippen molar-refractivity contribution in [3.05, 3.63) is 22.4 Å². The number of nitrogens with zero attached hydrogens (tertiary/aromatic N) is 1. The van der Waals surface area contributed by atoms with Crippen LogP contribution in [0.4, 0.5) is 0 Å². The first kappa shape index (κ1) is 10.3. The Kier molecular flexibility index (Phi) is 2.51. The Morgan fingerprint density at radius 1 is 1.56 bits per heavy atom. The lowest BCUT2D eigenvalue weighted by molar-refractivity contribution is -0.133. The van der Waals surface area contributed by atoms with E-state index in [1.807, 2.05) is 0 Å². The van der Waals surface area contributed by atoms with Gasteiger partial charge in [0.25, 0.3) is 0 Å². The molecule has 3 rings (SSSR count). The van der Waals surface area contributed by atoms with Crippen LogP contribution in [0, 0.1) is 11.8 Å². The second kappa shape index (κ2) is 3.88. The number of carbonyl (C=O) groups excluding carboxylic acids is 1. The van der Waals surface area contributed by atoms with Gasteiger partial charge in [-0.05, 0) is 36.6 Å².